The lowest BCUT2D eigenvalue weighted by Gasteiger charge is -2.34. The lowest BCUT2D eigenvalue weighted by molar-refractivity contribution is 0.680. The summed E-state index contributed by atoms with van der Waals surface area (Å²) < 4.78 is 0. The molecule has 0 heterocycles. The van der Waals surface area contributed by atoms with Gasteiger partial charge in [-0.3, -0.25) is 5.41 Å². The summed E-state index contributed by atoms with van der Waals surface area (Å²) in [6, 6.07) is 8.34. The fourth-order valence-corrected chi connectivity index (χ4v) is 2.68. The molecule has 2 heteroatoms. The van der Waals surface area contributed by atoms with E-state index < -0.39 is 5.41 Å². The molecule has 0 saturated heterocycles. The Kier molecular flexibility index (Phi) is 3.61. The van der Waals surface area contributed by atoms with Gasteiger partial charge in [-0.1, -0.05) is 61.9 Å². The molecule has 1 unspecified atom stereocenters. The van der Waals surface area contributed by atoms with Crippen LogP contribution in [0.2, 0.25) is 0 Å². The quantitative estimate of drug-likeness (QED) is 0.624. The molecule has 19 heavy (non-hydrogen) atoms. The molecular formula is C17H22N2. The number of rotatable bonds is 3. The number of benzene rings is 1. The second-order valence-electron chi connectivity index (χ2n) is 5.61. The molecule has 2 rings (SSSR count). The van der Waals surface area contributed by atoms with Gasteiger partial charge in [-0.2, -0.15) is 0 Å². The van der Waals surface area contributed by atoms with Gasteiger partial charge in [0.15, 0.2) is 0 Å². The van der Waals surface area contributed by atoms with E-state index in [-0.39, 0.29) is 5.84 Å². The van der Waals surface area contributed by atoms with Gasteiger partial charge in [-0.25, -0.2) is 0 Å². The Morgan fingerprint density at radius 2 is 2.00 bits per heavy atom. The number of hydrogen-bond acceptors (Lipinski definition) is 1. The molecule has 0 bridgehead atoms. The number of allylic oxidation sites excluding steroid dienone is 3. The van der Waals surface area contributed by atoms with Crippen LogP contribution in [0, 0.1) is 5.41 Å². The zero-order valence-corrected chi connectivity index (χ0v) is 11.9. The molecule has 3 N–H and O–H groups in total. The number of hydrogen-bond donors (Lipinski definition) is 2. The molecule has 0 amide bonds. The van der Waals surface area contributed by atoms with Crippen molar-refractivity contribution in [2.24, 2.45) is 5.73 Å². The molecule has 0 fully saturated rings. The van der Waals surface area contributed by atoms with Crippen LogP contribution < -0.4 is 5.73 Å². The van der Waals surface area contributed by atoms with Crippen molar-refractivity contribution in [2.75, 3.05) is 0 Å². The Morgan fingerprint density at radius 3 is 2.53 bits per heavy atom. The number of nitrogens with one attached hydrogen (secondary N) is 1. The maximum absolute atomic E-state index is 8.08. The second-order valence-corrected chi connectivity index (χ2v) is 5.61. The summed E-state index contributed by atoms with van der Waals surface area (Å²) in [4.78, 5) is 0. The highest BCUT2D eigenvalue weighted by Gasteiger charge is 2.35. The zero-order valence-electron chi connectivity index (χ0n) is 11.9. The van der Waals surface area contributed by atoms with Gasteiger partial charge in [0.05, 0.1) is 5.41 Å². The maximum atomic E-state index is 8.08. The average molecular weight is 254 g/mol. The average Bonchev–Trinajstić information content (AvgIpc) is 2.39. The summed E-state index contributed by atoms with van der Waals surface area (Å²) in [6.45, 7) is 6.44. The molecule has 0 aromatic heterocycles. The molecule has 1 aliphatic rings. The highest BCUT2D eigenvalue weighted by Crippen LogP contribution is 2.38. The molecule has 1 aromatic carbocycles. The van der Waals surface area contributed by atoms with Crippen LogP contribution in [0.4, 0.5) is 0 Å². The van der Waals surface area contributed by atoms with Crippen molar-refractivity contribution in [3.63, 3.8) is 0 Å². The Hall–Kier alpha value is -1.83. The Labute approximate surface area is 115 Å². The summed E-state index contributed by atoms with van der Waals surface area (Å²) in [6.07, 6.45) is 7.10. The maximum Gasteiger partial charge on any atom is 0.106 e. The van der Waals surface area contributed by atoms with E-state index in [9.17, 15) is 0 Å². The lowest BCUT2D eigenvalue weighted by atomic mass is 9.70. The van der Waals surface area contributed by atoms with Gasteiger partial charge >= 0.3 is 0 Å². The third-order valence-electron chi connectivity index (χ3n) is 3.92. The van der Waals surface area contributed by atoms with Crippen LogP contribution in [0.1, 0.15) is 44.2 Å². The molecule has 0 saturated carbocycles. The fourth-order valence-electron chi connectivity index (χ4n) is 2.68. The molecule has 0 radical (unpaired) electrons. The van der Waals surface area contributed by atoms with Crippen molar-refractivity contribution < 1.29 is 0 Å². The summed E-state index contributed by atoms with van der Waals surface area (Å²) in [5, 5.41) is 8.08. The lowest BCUT2D eigenvalue weighted by Crippen LogP contribution is -2.40. The van der Waals surface area contributed by atoms with E-state index in [1.54, 1.807) is 0 Å². The predicted octanol–water partition coefficient (Wildman–Crippen LogP) is 3.89. The van der Waals surface area contributed by atoms with E-state index in [1.807, 2.05) is 6.07 Å². The normalized spacial score (nSPS) is 22.4. The summed E-state index contributed by atoms with van der Waals surface area (Å²) in [7, 11) is 0. The van der Waals surface area contributed by atoms with E-state index in [0.29, 0.717) is 5.92 Å². The van der Waals surface area contributed by atoms with E-state index in [0.717, 1.165) is 12.0 Å². The minimum absolute atomic E-state index is 0.223. The first-order valence-corrected chi connectivity index (χ1v) is 6.77. The second kappa shape index (κ2) is 5.04. The topological polar surface area (TPSA) is 49.9 Å². The van der Waals surface area contributed by atoms with E-state index in [4.69, 9.17) is 11.1 Å². The van der Waals surface area contributed by atoms with Crippen LogP contribution in [0.3, 0.4) is 0 Å². The van der Waals surface area contributed by atoms with Gasteiger partial charge in [0.1, 0.15) is 5.84 Å². The first-order chi connectivity index (χ1) is 8.97. The van der Waals surface area contributed by atoms with Crippen LogP contribution in [0.15, 0.2) is 48.1 Å². The third kappa shape index (κ3) is 2.35. The summed E-state index contributed by atoms with van der Waals surface area (Å²) in [5.41, 5.74) is 9.15. The van der Waals surface area contributed by atoms with E-state index >= 15 is 0 Å². The van der Waals surface area contributed by atoms with Gasteiger partial charge in [-0.05, 0) is 30.4 Å². The van der Waals surface area contributed by atoms with Gasteiger partial charge in [0.25, 0.3) is 0 Å². The highest BCUT2D eigenvalue weighted by atomic mass is 14.8. The molecule has 0 spiro atoms. The van der Waals surface area contributed by atoms with Crippen LogP contribution in [-0.4, -0.2) is 5.84 Å². The third-order valence-corrected chi connectivity index (χ3v) is 3.92. The molecule has 1 aromatic rings. The monoisotopic (exact) mass is 254 g/mol. The van der Waals surface area contributed by atoms with Crippen LogP contribution in [-0.2, 0) is 5.41 Å². The smallest absolute Gasteiger partial charge is 0.106 e. The summed E-state index contributed by atoms with van der Waals surface area (Å²) in [5.74, 6) is 0.647. The largest absolute Gasteiger partial charge is 0.387 e. The van der Waals surface area contributed by atoms with Crippen molar-refractivity contribution in [1.29, 1.82) is 5.41 Å². The van der Waals surface area contributed by atoms with Gasteiger partial charge in [0, 0.05) is 0 Å². The Balaban J connectivity index is 2.59. The van der Waals surface area contributed by atoms with E-state index in [1.165, 1.54) is 11.1 Å². The minimum Gasteiger partial charge on any atom is -0.387 e. The van der Waals surface area contributed by atoms with Crippen LogP contribution in [0.5, 0.6) is 0 Å². The SMILES string of the molecule is CC1=CCC(C(=N)N)(c2ccccc2C(C)C)C=C1. The number of nitrogens with two attached hydrogens (primary N) is 1. The van der Waals surface area contributed by atoms with E-state index in [2.05, 4.69) is 57.2 Å². The van der Waals surface area contributed by atoms with Crippen molar-refractivity contribution >= 4 is 5.84 Å². The minimum atomic E-state index is -0.472. The highest BCUT2D eigenvalue weighted by molar-refractivity contribution is 5.92. The molecule has 100 valence electrons. The standard InChI is InChI=1S/C17H22N2/c1-12(2)14-6-4-5-7-15(14)17(16(18)19)10-8-13(3)9-11-17/h4-10,12H,11H2,1-3H3,(H3,18,19). The fraction of sp³-hybridized carbons (Fsp3) is 0.353. The van der Waals surface area contributed by atoms with Crippen molar-refractivity contribution in [3.05, 3.63) is 59.2 Å². The summed E-state index contributed by atoms with van der Waals surface area (Å²) >= 11 is 0. The van der Waals surface area contributed by atoms with Gasteiger partial charge in [0.2, 0.25) is 0 Å². The zero-order chi connectivity index (χ0) is 14.0. The predicted molar refractivity (Wildman–Crippen MR) is 81.6 cm³/mol. The van der Waals surface area contributed by atoms with Crippen molar-refractivity contribution in [1.82, 2.24) is 0 Å². The molecular weight excluding hydrogens is 232 g/mol. The Bertz CT molecular complexity index is 552. The van der Waals surface area contributed by atoms with Crippen LogP contribution in [0.25, 0.3) is 0 Å². The number of amidine groups is 1. The first kappa shape index (κ1) is 13.6. The molecule has 1 aliphatic carbocycles. The molecule has 1 atom stereocenters. The van der Waals surface area contributed by atoms with Gasteiger partial charge < -0.3 is 5.73 Å². The van der Waals surface area contributed by atoms with Crippen molar-refractivity contribution in [2.45, 2.75) is 38.5 Å². The van der Waals surface area contributed by atoms with Gasteiger partial charge in [-0.15, -0.1) is 0 Å². The molecule has 2 nitrogen and oxygen atoms in total. The Morgan fingerprint density at radius 1 is 1.32 bits per heavy atom. The molecule has 0 aliphatic heterocycles. The van der Waals surface area contributed by atoms with Crippen LogP contribution >= 0.6 is 0 Å². The first-order valence-electron chi connectivity index (χ1n) is 6.77. The van der Waals surface area contributed by atoms with Crippen molar-refractivity contribution in [3.8, 4) is 0 Å².